The monoisotopic (exact) mass is 240 g/mol. The lowest BCUT2D eigenvalue weighted by Crippen LogP contribution is -2.18. The molecule has 0 aliphatic rings. The first-order valence-electron chi connectivity index (χ1n) is 5.98. The smallest absolute Gasteiger partial charge is 0.203 e. The zero-order valence-corrected chi connectivity index (χ0v) is 10.6. The lowest BCUT2D eigenvalue weighted by atomic mass is 10.0. The summed E-state index contributed by atoms with van der Waals surface area (Å²) in [5.74, 6) is 1.14. The Kier molecular flexibility index (Phi) is 3.81. The number of nitrogens with zero attached hydrogens (tertiary/aromatic N) is 1. The van der Waals surface area contributed by atoms with Crippen molar-refractivity contribution in [3.8, 4) is 6.07 Å². The zero-order valence-electron chi connectivity index (χ0n) is 10.6. The van der Waals surface area contributed by atoms with Gasteiger partial charge in [0, 0.05) is 6.04 Å². The van der Waals surface area contributed by atoms with E-state index < -0.39 is 0 Å². The van der Waals surface area contributed by atoms with Crippen LogP contribution in [-0.4, -0.2) is 0 Å². The second-order valence-corrected chi connectivity index (χ2v) is 4.34. The summed E-state index contributed by atoms with van der Waals surface area (Å²) in [5.41, 5.74) is 2.55. The summed E-state index contributed by atoms with van der Waals surface area (Å²) in [7, 11) is 0. The second-order valence-electron chi connectivity index (χ2n) is 4.34. The molecule has 1 aromatic heterocycles. The van der Waals surface area contributed by atoms with Crippen molar-refractivity contribution in [3.63, 3.8) is 0 Å². The average molecular weight is 240 g/mol. The predicted molar refractivity (Wildman–Crippen MR) is 69.9 cm³/mol. The quantitative estimate of drug-likeness (QED) is 0.891. The Bertz CT molecular complexity index is 566. The summed E-state index contributed by atoms with van der Waals surface area (Å²) in [5, 5.41) is 12.1. The van der Waals surface area contributed by atoms with E-state index in [2.05, 4.69) is 31.3 Å². The molecule has 0 amide bonds. The van der Waals surface area contributed by atoms with Crippen LogP contribution in [-0.2, 0) is 6.54 Å². The van der Waals surface area contributed by atoms with Crippen LogP contribution in [0.3, 0.4) is 0 Å². The van der Waals surface area contributed by atoms with E-state index in [9.17, 15) is 0 Å². The maximum atomic E-state index is 8.68. The zero-order chi connectivity index (χ0) is 13.0. The Balaban J connectivity index is 1.98. The van der Waals surface area contributed by atoms with Gasteiger partial charge >= 0.3 is 0 Å². The molecule has 0 bridgehead atoms. The number of hydrogen-bond acceptors (Lipinski definition) is 3. The third-order valence-electron chi connectivity index (χ3n) is 3.01. The first kappa shape index (κ1) is 12.4. The highest BCUT2D eigenvalue weighted by Gasteiger charge is 2.08. The molecule has 1 aromatic carbocycles. The lowest BCUT2D eigenvalue weighted by Gasteiger charge is -2.15. The van der Waals surface area contributed by atoms with Gasteiger partial charge in [-0.05, 0) is 37.1 Å². The summed E-state index contributed by atoms with van der Waals surface area (Å²) >= 11 is 0. The van der Waals surface area contributed by atoms with Gasteiger partial charge in [0.05, 0.1) is 6.54 Å². The number of hydrogen-bond donors (Lipinski definition) is 1. The van der Waals surface area contributed by atoms with Crippen molar-refractivity contribution in [2.24, 2.45) is 0 Å². The van der Waals surface area contributed by atoms with Crippen LogP contribution in [0, 0.1) is 18.3 Å². The normalized spacial score (nSPS) is 12.1. The summed E-state index contributed by atoms with van der Waals surface area (Å²) < 4.78 is 5.33. The molecule has 18 heavy (non-hydrogen) atoms. The van der Waals surface area contributed by atoms with Crippen molar-refractivity contribution in [1.82, 2.24) is 5.32 Å². The van der Waals surface area contributed by atoms with Gasteiger partial charge in [-0.15, -0.1) is 0 Å². The van der Waals surface area contributed by atoms with Crippen LogP contribution in [0.25, 0.3) is 0 Å². The van der Waals surface area contributed by atoms with Crippen LogP contribution >= 0.6 is 0 Å². The van der Waals surface area contributed by atoms with Gasteiger partial charge in [-0.2, -0.15) is 5.26 Å². The first-order chi connectivity index (χ1) is 8.70. The third-order valence-corrected chi connectivity index (χ3v) is 3.01. The first-order valence-corrected chi connectivity index (χ1v) is 5.98. The molecule has 0 saturated carbocycles. The van der Waals surface area contributed by atoms with Crippen LogP contribution in [0.1, 0.15) is 35.6 Å². The van der Waals surface area contributed by atoms with Gasteiger partial charge in [-0.3, -0.25) is 0 Å². The molecule has 0 radical (unpaired) electrons. The van der Waals surface area contributed by atoms with Gasteiger partial charge < -0.3 is 9.73 Å². The molecule has 3 heteroatoms. The summed E-state index contributed by atoms with van der Waals surface area (Å²) in [4.78, 5) is 0. The fourth-order valence-electron chi connectivity index (χ4n) is 1.97. The van der Waals surface area contributed by atoms with Crippen LogP contribution in [0.4, 0.5) is 0 Å². The Morgan fingerprint density at radius 3 is 2.72 bits per heavy atom. The molecule has 2 rings (SSSR count). The molecule has 0 spiro atoms. The fourth-order valence-corrected chi connectivity index (χ4v) is 1.97. The van der Waals surface area contributed by atoms with Gasteiger partial charge in [0.1, 0.15) is 11.8 Å². The van der Waals surface area contributed by atoms with Gasteiger partial charge in [0.2, 0.25) is 5.76 Å². The minimum absolute atomic E-state index is 0.252. The highest BCUT2D eigenvalue weighted by Crippen LogP contribution is 2.17. The predicted octanol–water partition coefficient (Wildman–Crippen LogP) is 3.31. The molecule has 1 atom stereocenters. The molecule has 1 heterocycles. The van der Waals surface area contributed by atoms with Crippen LogP contribution in [0.2, 0.25) is 0 Å². The number of nitriles is 1. The molecule has 0 saturated heterocycles. The van der Waals surface area contributed by atoms with Gasteiger partial charge in [0.25, 0.3) is 0 Å². The SMILES string of the molecule is Cc1ccccc1C(C)NCc1ccc(C#N)o1. The van der Waals surface area contributed by atoms with Crippen molar-refractivity contribution >= 4 is 0 Å². The fraction of sp³-hybridized carbons (Fsp3) is 0.267. The van der Waals surface area contributed by atoms with E-state index in [1.54, 1.807) is 6.07 Å². The standard InChI is InChI=1S/C15H16N2O/c1-11-5-3-4-6-15(11)12(2)17-10-14-8-7-13(9-16)18-14/h3-8,12,17H,10H2,1-2H3. The number of rotatable bonds is 4. The summed E-state index contributed by atoms with van der Waals surface area (Å²) in [6.45, 7) is 4.85. The number of aryl methyl sites for hydroxylation is 1. The van der Waals surface area contributed by atoms with Crippen LogP contribution < -0.4 is 5.32 Å². The molecular formula is C15H16N2O. The topological polar surface area (TPSA) is 49.0 Å². The van der Waals surface area contributed by atoms with Gasteiger partial charge in [-0.25, -0.2) is 0 Å². The van der Waals surface area contributed by atoms with Crippen molar-refractivity contribution in [3.05, 3.63) is 59.0 Å². The van der Waals surface area contributed by atoms with E-state index in [0.717, 1.165) is 5.76 Å². The molecule has 0 fully saturated rings. The molecule has 1 N–H and O–H groups in total. The van der Waals surface area contributed by atoms with E-state index in [4.69, 9.17) is 9.68 Å². The van der Waals surface area contributed by atoms with Gasteiger partial charge in [-0.1, -0.05) is 24.3 Å². The number of furan rings is 1. The Hall–Kier alpha value is -2.05. The highest BCUT2D eigenvalue weighted by atomic mass is 16.3. The third kappa shape index (κ3) is 2.79. The summed E-state index contributed by atoms with van der Waals surface area (Å²) in [6.07, 6.45) is 0. The van der Waals surface area contributed by atoms with Crippen LogP contribution in [0.15, 0.2) is 40.8 Å². The second kappa shape index (κ2) is 5.52. The largest absolute Gasteiger partial charge is 0.449 e. The minimum atomic E-state index is 0.252. The van der Waals surface area contributed by atoms with Crippen molar-refractivity contribution in [2.45, 2.75) is 26.4 Å². The van der Waals surface area contributed by atoms with Crippen molar-refractivity contribution in [2.75, 3.05) is 0 Å². The van der Waals surface area contributed by atoms with E-state index in [0.29, 0.717) is 12.3 Å². The molecule has 3 nitrogen and oxygen atoms in total. The Morgan fingerprint density at radius 1 is 1.28 bits per heavy atom. The molecule has 1 unspecified atom stereocenters. The number of benzene rings is 1. The average Bonchev–Trinajstić information content (AvgIpc) is 2.84. The number of nitrogens with one attached hydrogen (secondary N) is 1. The lowest BCUT2D eigenvalue weighted by molar-refractivity contribution is 0.453. The molecule has 2 aromatic rings. The molecule has 92 valence electrons. The molecule has 0 aliphatic carbocycles. The minimum Gasteiger partial charge on any atom is -0.449 e. The van der Waals surface area contributed by atoms with E-state index in [-0.39, 0.29) is 6.04 Å². The van der Waals surface area contributed by atoms with E-state index >= 15 is 0 Å². The molecular weight excluding hydrogens is 224 g/mol. The maximum Gasteiger partial charge on any atom is 0.203 e. The highest BCUT2D eigenvalue weighted by molar-refractivity contribution is 5.28. The Labute approximate surface area is 107 Å². The van der Waals surface area contributed by atoms with Crippen LogP contribution in [0.5, 0.6) is 0 Å². The van der Waals surface area contributed by atoms with Crippen molar-refractivity contribution in [1.29, 1.82) is 5.26 Å². The van der Waals surface area contributed by atoms with E-state index in [1.165, 1.54) is 11.1 Å². The maximum absolute atomic E-state index is 8.68. The van der Waals surface area contributed by atoms with E-state index in [1.807, 2.05) is 24.3 Å². The molecule has 0 aliphatic heterocycles. The van der Waals surface area contributed by atoms with Crippen molar-refractivity contribution < 1.29 is 4.42 Å². The Morgan fingerprint density at radius 2 is 2.06 bits per heavy atom. The summed E-state index contributed by atoms with van der Waals surface area (Å²) in [6, 6.07) is 14.1. The van der Waals surface area contributed by atoms with Gasteiger partial charge in [0.15, 0.2) is 0 Å².